The van der Waals surface area contributed by atoms with E-state index in [1.807, 2.05) is 18.3 Å². The first kappa shape index (κ1) is 10.7. The average molecular weight is 277 g/mol. The van der Waals surface area contributed by atoms with Gasteiger partial charge in [-0.3, -0.25) is 5.10 Å². The summed E-state index contributed by atoms with van der Waals surface area (Å²) in [7, 11) is 0. The lowest BCUT2D eigenvalue weighted by Gasteiger charge is -2.05. The van der Waals surface area contributed by atoms with Gasteiger partial charge >= 0.3 is 0 Å². The lowest BCUT2D eigenvalue weighted by molar-refractivity contribution is 1.09. The van der Waals surface area contributed by atoms with Gasteiger partial charge < -0.3 is 5.32 Å². The molecule has 0 bridgehead atoms. The molecule has 0 spiro atoms. The van der Waals surface area contributed by atoms with Crippen molar-refractivity contribution in [3.63, 3.8) is 0 Å². The normalized spacial score (nSPS) is 9.75. The number of aromatic nitrogens is 2. The maximum Gasteiger partial charge on any atom is 0.100 e. The van der Waals surface area contributed by atoms with Crippen molar-refractivity contribution in [1.82, 2.24) is 10.2 Å². The van der Waals surface area contributed by atoms with Crippen LogP contribution in [-0.4, -0.2) is 10.2 Å². The van der Waals surface area contributed by atoms with Gasteiger partial charge in [-0.1, -0.05) is 0 Å². The highest BCUT2D eigenvalue weighted by molar-refractivity contribution is 9.10. The third-order valence-electron chi connectivity index (χ3n) is 2.14. The Balaban J connectivity index is 2.06. The molecule has 0 unspecified atom stereocenters. The Morgan fingerprint density at radius 2 is 2.38 bits per heavy atom. The fraction of sp³-hybridized carbons (Fsp3) is 0.0909. The Morgan fingerprint density at radius 3 is 3.00 bits per heavy atom. The molecule has 0 saturated heterocycles. The summed E-state index contributed by atoms with van der Waals surface area (Å²) in [5, 5.41) is 18.6. The number of halogens is 1. The third-order valence-corrected chi connectivity index (χ3v) is 2.80. The van der Waals surface area contributed by atoms with Gasteiger partial charge in [0.05, 0.1) is 11.8 Å². The van der Waals surface area contributed by atoms with E-state index < -0.39 is 0 Å². The van der Waals surface area contributed by atoms with Crippen molar-refractivity contribution < 1.29 is 0 Å². The number of hydrogen-bond donors (Lipinski definition) is 2. The van der Waals surface area contributed by atoms with E-state index in [1.54, 1.807) is 12.3 Å². The van der Waals surface area contributed by atoms with Crippen LogP contribution in [0.4, 0.5) is 5.69 Å². The van der Waals surface area contributed by atoms with Crippen molar-refractivity contribution in [2.75, 3.05) is 5.32 Å². The molecule has 0 fully saturated rings. The van der Waals surface area contributed by atoms with Gasteiger partial charge in [-0.15, -0.1) is 0 Å². The molecular weight excluding hydrogens is 268 g/mol. The zero-order valence-electron chi connectivity index (χ0n) is 8.37. The van der Waals surface area contributed by atoms with E-state index in [9.17, 15) is 0 Å². The van der Waals surface area contributed by atoms with E-state index in [-0.39, 0.29) is 0 Å². The molecule has 0 radical (unpaired) electrons. The molecule has 1 aromatic carbocycles. The monoisotopic (exact) mass is 276 g/mol. The van der Waals surface area contributed by atoms with Gasteiger partial charge in [0.2, 0.25) is 0 Å². The largest absolute Gasteiger partial charge is 0.381 e. The predicted octanol–water partition coefficient (Wildman–Crippen LogP) is 2.66. The number of aromatic amines is 1. The molecule has 2 aromatic rings. The van der Waals surface area contributed by atoms with Crippen LogP contribution in [0.2, 0.25) is 0 Å². The first-order valence-electron chi connectivity index (χ1n) is 4.71. The van der Waals surface area contributed by atoms with E-state index in [1.165, 1.54) is 0 Å². The topological polar surface area (TPSA) is 64.5 Å². The van der Waals surface area contributed by atoms with Crippen LogP contribution >= 0.6 is 15.9 Å². The summed E-state index contributed by atoms with van der Waals surface area (Å²) >= 11 is 3.35. The minimum Gasteiger partial charge on any atom is -0.381 e. The quantitative estimate of drug-likeness (QED) is 0.906. The van der Waals surface area contributed by atoms with Gasteiger partial charge in [-0.25, -0.2) is 0 Å². The Morgan fingerprint density at radius 1 is 1.50 bits per heavy atom. The summed E-state index contributed by atoms with van der Waals surface area (Å²) in [6.45, 7) is 0.703. The molecule has 16 heavy (non-hydrogen) atoms. The van der Waals surface area contributed by atoms with Crippen LogP contribution in [0.1, 0.15) is 11.1 Å². The minimum absolute atomic E-state index is 0.633. The van der Waals surface area contributed by atoms with Gasteiger partial charge in [-0.05, 0) is 34.1 Å². The van der Waals surface area contributed by atoms with Crippen LogP contribution in [0.15, 0.2) is 35.1 Å². The van der Waals surface area contributed by atoms with Crippen LogP contribution in [-0.2, 0) is 6.54 Å². The van der Waals surface area contributed by atoms with E-state index in [2.05, 4.69) is 37.5 Å². The fourth-order valence-corrected chi connectivity index (χ4v) is 1.76. The van der Waals surface area contributed by atoms with Crippen molar-refractivity contribution >= 4 is 21.6 Å². The molecule has 80 valence electrons. The summed E-state index contributed by atoms with van der Waals surface area (Å²) in [5.41, 5.74) is 2.68. The lowest BCUT2D eigenvalue weighted by Crippen LogP contribution is -1.98. The highest BCUT2D eigenvalue weighted by Gasteiger charge is 2.00. The minimum atomic E-state index is 0.633. The lowest BCUT2D eigenvalue weighted by atomic mass is 10.2. The second kappa shape index (κ2) is 4.81. The van der Waals surface area contributed by atoms with Gasteiger partial charge in [0.15, 0.2) is 0 Å². The van der Waals surface area contributed by atoms with E-state index in [4.69, 9.17) is 5.26 Å². The summed E-state index contributed by atoms with van der Waals surface area (Å²) < 4.78 is 0.798. The zero-order valence-corrected chi connectivity index (χ0v) is 9.95. The number of H-pyrrole nitrogens is 1. The van der Waals surface area contributed by atoms with Gasteiger partial charge in [0.1, 0.15) is 6.07 Å². The Labute approximate surface area is 101 Å². The number of anilines is 1. The van der Waals surface area contributed by atoms with Crippen molar-refractivity contribution in [3.8, 4) is 6.07 Å². The summed E-state index contributed by atoms with van der Waals surface area (Å²) in [6, 6.07) is 7.65. The predicted molar refractivity (Wildman–Crippen MR) is 64.8 cm³/mol. The molecule has 0 aliphatic heterocycles. The van der Waals surface area contributed by atoms with Crippen LogP contribution in [0.25, 0.3) is 0 Å². The van der Waals surface area contributed by atoms with Crippen LogP contribution in [0, 0.1) is 11.3 Å². The summed E-state index contributed by atoms with van der Waals surface area (Å²) in [5.74, 6) is 0. The molecule has 2 N–H and O–H groups in total. The number of rotatable bonds is 3. The second-order valence-electron chi connectivity index (χ2n) is 3.27. The average Bonchev–Trinajstić information content (AvgIpc) is 2.79. The highest BCUT2D eigenvalue weighted by atomic mass is 79.9. The molecule has 5 heteroatoms. The van der Waals surface area contributed by atoms with E-state index in [0.717, 1.165) is 15.7 Å². The van der Waals surface area contributed by atoms with E-state index >= 15 is 0 Å². The Hall–Kier alpha value is -1.80. The summed E-state index contributed by atoms with van der Waals surface area (Å²) in [6.07, 6.45) is 3.61. The summed E-state index contributed by atoms with van der Waals surface area (Å²) in [4.78, 5) is 0. The number of nitriles is 1. The van der Waals surface area contributed by atoms with Crippen molar-refractivity contribution in [2.45, 2.75) is 6.54 Å². The number of benzene rings is 1. The van der Waals surface area contributed by atoms with Crippen LogP contribution in [0.5, 0.6) is 0 Å². The molecular formula is C11H9BrN4. The second-order valence-corrected chi connectivity index (χ2v) is 4.12. The molecule has 1 aromatic heterocycles. The van der Waals surface area contributed by atoms with Crippen LogP contribution in [0.3, 0.4) is 0 Å². The molecule has 0 aliphatic carbocycles. The molecule has 1 heterocycles. The Kier molecular flexibility index (Phi) is 3.22. The molecule has 0 saturated carbocycles. The Bertz CT molecular complexity index is 513. The molecule has 0 amide bonds. The first-order chi connectivity index (χ1) is 7.79. The standard InChI is InChI=1S/C11H9BrN4/c12-11-3-10(2-1-9(11)4-13)14-5-8-6-15-16-7-8/h1-3,6-7,14H,5H2,(H,15,16). The SMILES string of the molecule is N#Cc1ccc(NCc2cn[nH]c2)cc1Br. The molecule has 0 aliphatic rings. The molecule has 4 nitrogen and oxygen atoms in total. The first-order valence-corrected chi connectivity index (χ1v) is 5.50. The zero-order chi connectivity index (χ0) is 11.4. The third kappa shape index (κ3) is 2.41. The number of nitrogens with zero attached hydrogens (tertiary/aromatic N) is 2. The number of hydrogen-bond acceptors (Lipinski definition) is 3. The maximum atomic E-state index is 8.78. The van der Waals surface area contributed by atoms with Gasteiger partial charge in [0.25, 0.3) is 0 Å². The van der Waals surface area contributed by atoms with Crippen LogP contribution < -0.4 is 5.32 Å². The maximum absolute atomic E-state index is 8.78. The number of nitrogens with one attached hydrogen (secondary N) is 2. The fourth-order valence-electron chi connectivity index (χ4n) is 1.29. The smallest absolute Gasteiger partial charge is 0.100 e. The van der Waals surface area contributed by atoms with Crippen molar-refractivity contribution in [2.24, 2.45) is 0 Å². The van der Waals surface area contributed by atoms with Crippen molar-refractivity contribution in [1.29, 1.82) is 5.26 Å². The van der Waals surface area contributed by atoms with Gasteiger partial charge in [-0.2, -0.15) is 10.4 Å². The van der Waals surface area contributed by atoms with Crippen molar-refractivity contribution in [3.05, 3.63) is 46.2 Å². The van der Waals surface area contributed by atoms with E-state index in [0.29, 0.717) is 12.1 Å². The highest BCUT2D eigenvalue weighted by Crippen LogP contribution is 2.21. The molecule has 0 atom stereocenters. The van der Waals surface area contributed by atoms with Gasteiger partial charge in [0, 0.05) is 28.5 Å². The molecule has 2 rings (SSSR count).